The molecule has 0 bridgehead atoms. The average molecular weight is 269 g/mol. The van der Waals surface area contributed by atoms with Crippen LogP contribution >= 0.6 is 0 Å². The van der Waals surface area contributed by atoms with Crippen LogP contribution in [0.15, 0.2) is 5.16 Å². The topological polar surface area (TPSA) is 71.1 Å². The fourth-order valence-electron chi connectivity index (χ4n) is 3.60. The molecule has 1 heterocycles. The number of hydrogen-bond acceptors (Lipinski definition) is 4. The molecule has 5 heteroatoms. The van der Waals surface area contributed by atoms with E-state index in [1.807, 2.05) is 0 Å². The summed E-state index contributed by atoms with van der Waals surface area (Å²) in [6.07, 6.45) is 8.23. The lowest BCUT2D eigenvalue weighted by Crippen LogP contribution is -2.50. The third-order valence-electron chi connectivity index (χ3n) is 4.50. The predicted octanol–water partition coefficient (Wildman–Crippen LogP) is 1.94. The Balaban J connectivity index is 1.99. The summed E-state index contributed by atoms with van der Waals surface area (Å²) in [6, 6.07) is 0.507. The molecule has 3 N–H and O–H groups in total. The Morgan fingerprint density at radius 3 is 2.84 bits per heavy atom. The molecule has 0 aromatic carbocycles. The Kier molecular flexibility index (Phi) is 5.05. The summed E-state index contributed by atoms with van der Waals surface area (Å²) in [5.41, 5.74) is 5.81. The Bertz CT molecular complexity index is 314. The molecule has 1 aliphatic heterocycles. The maximum absolute atomic E-state index is 8.77. The van der Waals surface area contributed by atoms with Crippen LogP contribution in [0.1, 0.15) is 51.9 Å². The van der Waals surface area contributed by atoms with E-state index < -0.39 is 0 Å². The first-order valence-electron chi connectivity index (χ1n) is 7.53. The summed E-state index contributed by atoms with van der Waals surface area (Å²) < 4.78 is 6.08. The predicted molar refractivity (Wildman–Crippen MR) is 75.4 cm³/mol. The van der Waals surface area contributed by atoms with E-state index in [-0.39, 0.29) is 5.60 Å². The van der Waals surface area contributed by atoms with Crippen molar-refractivity contribution in [3.63, 3.8) is 0 Å². The van der Waals surface area contributed by atoms with Crippen molar-refractivity contribution >= 4 is 5.84 Å². The first-order chi connectivity index (χ1) is 9.19. The Labute approximate surface area is 115 Å². The van der Waals surface area contributed by atoms with E-state index in [9.17, 15) is 0 Å². The van der Waals surface area contributed by atoms with Crippen LogP contribution in [0.5, 0.6) is 0 Å². The number of ether oxygens (including phenoxy) is 1. The number of nitrogens with two attached hydrogens (primary N) is 1. The molecule has 1 unspecified atom stereocenters. The first kappa shape index (κ1) is 14.6. The van der Waals surface area contributed by atoms with Gasteiger partial charge in [-0.25, -0.2) is 0 Å². The van der Waals surface area contributed by atoms with Gasteiger partial charge in [0.15, 0.2) is 5.84 Å². The van der Waals surface area contributed by atoms with Gasteiger partial charge in [0.05, 0.1) is 12.1 Å². The molecule has 19 heavy (non-hydrogen) atoms. The molecule has 2 fully saturated rings. The van der Waals surface area contributed by atoms with Crippen LogP contribution in [-0.2, 0) is 4.74 Å². The molecule has 2 aliphatic rings. The Morgan fingerprint density at radius 2 is 2.21 bits per heavy atom. The molecule has 0 aromatic rings. The zero-order valence-corrected chi connectivity index (χ0v) is 12.0. The highest BCUT2D eigenvalue weighted by Gasteiger charge is 2.41. The number of rotatable bonds is 5. The molecular formula is C14H27N3O2. The van der Waals surface area contributed by atoms with Crippen molar-refractivity contribution in [1.82, 2.24) is 4.90 Å². The van der Waals surface area contributed by atoms with Gasteiger partial charge in [0.25, 0.3) is 0 Å². The van der Waals surface area contributed by atoms with E-state index in [0.717, 1.165) is 32.4 Å². The fourth-order valence-corrected chi connectivity index (χ4v) is 3.60. The summed E-state index contributed by atoms with van der Waals surface area (Å²) in [4.78, 5) is 2.36. The quantitative estimate of drug-likeness (QED) is 0.346. The normalized spacial score (nSPS) is 27.3. The van der Waals surface area contributed by atoms with Crippen molar-refractivity contribution in [3.05, 3.63) is 0 Å². The van der Waals surface area contributed by atoms with Gasteiger partial charge in [0.1, 0.15) is 0 Å². The second-order valence-electron chi connectivity index (χ2n) is 5.95. The molecule has 5 nitrogen and oxygen atoms in total. The van der Waals surface area contributed by atoms with Gasteiger partial charge in [-0.15, -0.1) is 0 Å². The summed E-state index contributed by atoms with van der Waals surface area (Å²) in [6.45, 7) is 4.58. The van der Waals surface area contributed by atoms with Crippen LogP contribution in [-0.4, -0.2) is 47.3 Å². The minimum atomic E-state index is 0.125. The molecule has 1 aliphatic carbocycles. The largest absolute Gasteiger partial charge is 0.409 e. The molecular weight excluding hydrogens is 242 g/mol. The summed E-state index contributed by atoms with van der Waals surface area (Å²) in [7, 11) is 0. The zero-order valence-electron chi connectivity index (χ0n) is 12.0. The van der Waals surface area contributed by atoms with Crippen molar-refractivity contribution in [1.29, 1.82) is 0 Å². The van der Waals surface area contributed by atoms with Gasteiger partial charge in [-0.2, -0.15) is 0 Å². The maximum atomic E-state index is 8.77. The average Bonchev–Trinajstić information content (AvgIpc) is 2.86. The highest BCUT2D eigenvalue weighted by Crippen LogP contribution is 2.41. The maximum Gasteiger partial charge on any atom is 0.153 e. The summed E-state index contributed by atoms with van der Waals surface area (Å²) in [5.74, 6) is 0.306. The summed E-state index contributed by atoms with van der Waals surface area (Å²) >= 11 is 0. The van der Waals surface area contributed by atoms with E-state index in [2.05, 4.69) is 17.0 Å². The number of oxime groups is 1. The summed E-state index contributed by atoms with van der Waals surface area (Å²) in [5, 5.41) is 11.9. The molecule has 1 atom stereocenters. The molecule has 1 saturated carbocycles. The highest BCUT2D eigenvalue weighted by molar-refractivity contribution is 5.81. The molecule has 0 radical (unpaired) electrons. The monoisotopic (exact) mass is 269 g/mol. The number of nitrogens with zero attached hydrogens (tertiary/aromatic N) is 2. The highest BCUT2D eigenvalue weighted by atomic mass is 16.5. The second kappa shape index (κ2) is 6.57. The van der Waals surface area contributed by atoms with E-state index in [4.69, 9.17) is 15.7 Å². The van der Waals surface area contributed by atoms with E-state index >= 15 is 0 Å². The van der Waals surface area contributed by atoms with Gasteiger partial charge in [0, 0.05) is 12.6 Å². The Hall–Kier alpha value is -0.810. The third kappa shape index (κ3) is 3.60. The minimum absolute atomic E-state index is 0.125. The van der Waals surface area contributed by atoms with Gasteiger partial charge >= 0.3 is 0 Å². The zero-order chi connectivity index (χ0) is 13.7. The van der Waals surface area contributed by atoms with Crippen molar-refractivity contribution in [3.8, 4) is 0 Å². The smallest absolute Gasteiger partial charge is 0.153 e. The van der Waals surface area contributed by atoms with Gasteiger partial charge in [-0.05, 0) is 38.6 Å². The lowest BCUT2D eigenvalue weighted by Gasteiger charge is -2.43. The van der Waals surface area contributed by atoms with Crippen molar-refractivity contribution in [2.75, 3.05) is 19.7 Å². The minimum Gasteiger partial charge on any atom is -0.409 e. The van der Waals surface area contributed by atoms with Crippen LogP contribution in [0.4, 0.5) is 0 Å². The van der Waals surface area contributed by atoms with Crippen molar-refractivity contribution in [2.24, 2.45) is 10.9 Å². The molecule has 2 rings (SSSR count). The molecule has 1 spiro atoms. The fraction of sp³-hybridized carbons (Fsp3) is 0.929. The lowest BCUT2D eigenvalue weighted by molar-refractivity contribution is -0.1000. The first-order valence-corrected chi connectivity index (χ1v) is 7.53. The lowest BCUT2D eigenvalue weighted by atomic mass is 9.88. The molecule has 0 amide bonds. The molecule has 110 valence electrons. The van der Waals surface area contributed by atoms with Crippen LogP contribution in [0.3, 0.4) is 0 Å². The van der Waals surface area contributed by atoms with Crippen LogP contribution in [0.2, 0.25) is 0 Å². The van der Waals surface area contributed by atoms with Crippen LogP contribution in [0.25, 0.3) is 0 Å². The van der Waals surface area contributed by atoms with Crippen LogP contribution in [0, 0.1) is 0 Å². The van der Waals surface area contributed by atoms with E-state index in [1.54, 1.807) is 0 Å². The van der Waals surface area contributed by atoms with Gasteiger partial charge in [-0.1, -0.05) is 24.9 Å². The third-order valence-corrected chi connectivity index (χ3v) is 4.50. The van der Waals surface area contributed by atoms with E-state index in [0.29, 0.717) is 18.4 Å². The van der Waals surface area contributed by atoms with Crippen LogP contribution < -0.4 is 5.73 Å². The molecule has 1 saturated heterocycles. The Morgan fingerprint density at radius 1 is 1.47 bits per heavy atom. The van der Waals surface area contributed by atoms with Gasteiger partial charge in [0.2, 0.25) is 0 Å². The van der Waals surface area contributed by atoms with Gasteiger partial charge < -0.3 is 15.7 Å². The second-order valence-corrected chi connectivity index (χ2v) is 5.95. The van der Waals surface area contributed by atoms with E-state index in [1.165, 1.54) is 25.7 Å². The number of hydrogen-bond donors (Lipinski definition) is 2. The molecule has 0 aromatic heterocycles. The van der Waals surface area contributed by atoms with Gasteiger partial charge in [-0.3, -0.25) is 4.90 Å². The standard InChI is InChI=1S/C14H27N3O2/c1-2-8-17(11-13(15)16-18)12-5-9-19-14(10-12)6-3-4-7-14/h12,18H,2-11H2,1H3,(H2,15,16). The van der Waals surface area contributed by atoms with Crippen molar-refractivity contribution < 1.29 is 9.94 Å². The SMILES string of the molecule is CCCN(CC(N)=NO)C1CCOC2(CCCC2)C1. The number of amidine groups is 1. The van der Waals surface area contributed by atoms with Crippen molar-refractivity contribution in [2.45, 2.75) is 63.5 Å².